The standard InChI is InChI=1S/C18H25N3O2/c1-4-21(5-2)11-10-18-12-13(3)23-17(18)20-15-9-7-6-8-14(15)19-16(18)22/h6-9,13H,4-5,10-12H2,1-3H3,(H,19,22)/t13-,18-/m1/s1. The van der Waals surface area contributed by atoms with Gasteiger partial charge in [0.25, 0.3) is 0 Å². The highest BCUT2D eigenvalue weighted by Gasteiger charge is 2.52. The minimum atomic E-state index is -0.652. The molecule has 1 saturated heterocycles. The molecule has 1 aromatic carbocycles. The van der Waals surface area contributed by atoms with E-state index in [1.807, 2.05) is 31.2 Å². The molecule has 124 valence electrons. The lowest BCUT2D eigenvalue weighted by molar-refractivity contribution is -0.122. The van der Waals surface area contributed by atoms with Crippen LogP contribution in [-0.2, 0) is 9.53 Å². The molecule has 1 fully saturated rings. The van der Waals surface area contributed by atoms with Crippen LogP contribution in [-0.4, -0.2) is 42.4 Å². The van der Waals surface area contributed by atoms with Gasteiger partial charge >= 0.3 is 0 Å². The van der Waals surface area contributed by atoms with E-state index in [1.54, 1.807) is 0 Å². The molecule has 0 radical (unpaired) electrons. The fraction of sp³-hybridized carbons (Fsp3) is 0.556. The first-order valence-corrected chi connectivity index (χ1v) is 8.47. The molecule has 1 N–H and O–H groups in total. The molecule has 0 saturated carbocycles. The van der Waals surface area contributed by atoms with E-state index in [2.05, 4.69) is 24.1 Å². The van der Waals surface area contributed by atoms with E-state index in [-0.39, 0.29) is 12.0 Å². The van der Waals surface area contributed by atoms with Crippen LogP contribution in [0, 0.1) is 5.41 Å². The number of hydrogen-bond donors (Lipinski definition) is 1. The van der Waals surface area contributed by atoms with Crippen molar-refractivity contribution in [2.75, 3.05) is 25.0 Å². The Morgan fingerprint density at radius 3 is 2.83 bits per heavy atom. The highest BCUT2D eigenvalue weighted by Crippen LogP contribution is 2.44. The van der Waals surface area contributed by atoms with Crippen LogP contribution < -0.4 is 5.32 Å². The SMILES string of the molecule is CCN(CC)CC[C@]12C[C@@H](C)OC1=Nc1ccccc1NC2=O. The van der Waals surface area contributed by atoms with Gasteiger partial charge in [-0.2, -0.15) is 0 Å². The molecule has 2 aliphatic heterocycles. The van der Waals surface area contributed by atoms with Crippen LogP contribution in [0.2, 0.25) is 0 Å². The summed E-state index contributed by atoms with van der Waals surface area (Å²) in [4.78, 5) is 20.1. The molecule has 2 aliphatic rings. The first-order valence-electron chi connectivity index (χ1n) is 8.47. The van der Waals surface area contributed by atoms with E-state index in [9.17, 15) is 4.79 Å². The summed E-state index contributed by atoms with van der Waals surface area (Å²) in [6, 6.07) is 7.64. The van der Waals surface area contributed by atoms with Crippen molar-refractivity contribution in [1.29, 1.82) is 0 Å². The van der Waals surface area contributed by atoms with Gasteiger partial charge < -0.3 is 15.0 Å². The lowest BCUT2D eigenvalue weighted by atomic mass is 9.80. The van der Waals surface area contributed by atoms with Gasteiger partial charge in [-0.05, 0) is 45.1 Å². The summed E-state index contributed by atoms with van der Waals surface area (Å²) in [5, 5.41) is 3.06. The molecule has 3 rings (SSSR count). The second kappa shape index (κ2) is 6.32. The number of rotatable bonds is 5. The lowest BCUT2D eigenvalue weighted by Gasteiger charge is -2.28. The molecule has 1 amide bonds. The predicted octanol–water partition coefficient (Wildman–Crippen LogP) is 3.20. The molecule has 5 nitrogen and oxygen atoms in total. The number of carbonyl (C=O) groups excluding carboxylic acids is 1. The van der Waals surface area contributed by atoms with E-state index < -0.39 is 5.41 Å². The maximum absolute atomic E-state index is 13.0. The van der Waals surface area contributed by atoms with Crippen molar-refractivity contribution >= 4 is 23.2 Å². The summed E-state index contributed by atoms with van der Waals surface area (Å²) < 4.78 is 5.95. The predicted molar refractivity (Wildman–Crippen MR) is 92.2 cm³/mol. The Morgan fingerprint density at radius 1 is 1.35 bits per heavy atom. The summed E-state index contributed by atoms with van der Waals surface area (Å²) in [7, 11) is 0. The van der Waals surface area contributed by atoms with Gasteiger partial charge in [0, 0.05) is 6.42 Å². The van der Waals surface area contributed by atoms with Gasteiger partial charge in [-0.15, -0.1) is 0 Å². The Kier molecular flexibility index (Phi) is 4.39. The topological polar surface area (TPSA) is 53.9 Å². The van der Waals surface area contributed by atoms with Crippen LogP contribution in [0.4, 0.5) is 11.4 Å². The lowest BCUT2D eigenvalue weighted by Crippen LogP contribution is -2.42. The van der Waals surface area contributed by atoms with Crippen molar-refractivity contribution in [2.45, 2.75) is 39.7 Å². The molecule has 0 bridgehead atoms. The normalized spacial score (nSPS) is 26.0. The number of carbonyl (C=O) groups is 1. The van der Waals surface area contributed by atoms with Crippen molar-refractivity contribution in [1.82, 2.24) is 4.90 Å². The summed E-state index contributed by atoms with van der Waals surface area (Å²) >= 11 is 0. The molecule has 0 aromatic heterocycles. The smallest absolute Gasteiger partial charge is 0.240 e. The van der Waals surface area contributed by atoms with E-state index in [1.165, 1.54) is 0 Å². The third-order valence-corrected chi connectivity index (χ3v) is 4.92. The van der Waals surface area contributed by atoms with Gasteiger partial charge in [-0.25, -0.2) is 4.99 Å². The Hall–Kier alpha value is -1.88. The molecule has 2 atom stereocenters. The molecule has 23 heavy (non-hydrogen) atoms. The van der Waals surface area contributed by atoms with Crippen LogP contribution in [0.5, 0.6) is 0 Å². The van der Waals surface area contributed by atoms with Gasteiger partial charge in [0.15, 0.2) is 0 Å². The quantitative estimate of drug-likeness (QED) is 0.908. The maximum atomic E-state index is 13.0. The summed E-state index contributed by atoms with van der Waals surface area (Å²) in [5.41, 5.74) is 0.883. The first-order chi connectivity index (χ1) is 11.1. The Labute approximate surface area is 137 Å². The minimum absolute atomic E-state index is 0.0118. The van der Waals surface area contributed by atoms with Crippen molar-refractivity contribution in [3.05, 3.63) is 24.3 Å². The van der Waals surface area contributed by atoms with Crippen molar-refractivity contribution < 1.29 is 9.53 Å². The van der Waals surface area contributed by atoms with Gasteiger partial charge in [0.1, 0.15) is 5.41 Å². The first kappa shape index (κ1) is 16.0. The van der Waals surface area contributed by atoms with Crippen LogP contribution in [0.25, 0.3) is 0 Å². The third kappa shape index (κ3) is 2.85. The van der Waals surface area contributed by atoms with Crippen LogP contribution in [0.3, 0.4) is 0 Å². The number of amides is 1. The fourth-order valence-corrected chi connectivity index (χ4v) is 3.49. The Bertz CT molecular complexity index is 624. The van der Waals surface area contributed by atoms with Crippen molar-refractivity contribution in [3.8, 4) is 0 Å². The number of para-hydroxylation sites is 2. The number of anilines is 1. The fourth-order valence-electron chi connectivity index (χ4n) is 3.49. The third-order valence-electron chi connectivity index (χ3n) is 4.92. The number of aliphatic imine (C=N–C) groups is 1. The summed E-state index contributed by atoms with van der Waals surface area (Å²) in [5.74, 6) is 0.595. The zero-order chi connectivity index (χ0) is 16.4. The van der Waals surface area contributed by atoms with E-state index in [4.69, 9.17) is 9.73 Å². The zero-order valence-electron chi connectivity index (χ0n) is 14.1. The van der Waals surface area contributed by atoms with Crippen LogP contribution in [0.1, 0.15) is 33.6 Å². The monoisotopic (exact) mass is 315 g/mol. The van der Waals surface area contributed by atoms with Crippen LogP contribution in [0.15, 0.2) is 29.3 Å². The Morgan fingerprint density at radius 2 is 2.09 bits per heavy atom. The summed E-state index contributed by atoms with van der Waals surface area (Å²) in [6.45, 7) is 9.13. The Balaban J connectivity index is 1.95. The van der Waals surface area contributed by atoms with Crippen molar-refractivity contribution in [2.24, 2.45) is 10.4 Å². The minimum Gasteiger partial charge on any atom is -0.477 e. The molecule has 0 aliphatic carbocycles. The number of nitrogens with one attached hydrogen (secondary N) is 1. The highest BCUT2D eigenvalue weighted by atomic mass is 16.5. The molecule has 2 heterocycles. The largest absolute Gasteiger partial charge is 0.477 e. The summed E-state index contributed by atoms with van der Waals surface area (Å²) in [6.07, 6.45) is 1.44. The van der Waals surface area contributed by atoms with E-state index in [0.717, 1.165) is 37.4 Å². The second-order valence-corrected chi connectivity index (χ2v) is 6.38. The number of hydrogen-bond acceptors (Lipinski definition) is 4. The number of nitrogens with zero attached hydrogens (tertiary/aromatic N) is 2. The highest BCUT2D eigenvalue weighted by molar-refractivity contribution is 6.15. The maximum Gasteiger partial charge on any atom is 0.240 e. The van der Waals surface area contributed by atoms with Gasteiger partial charge in [-0.1, -0.05) is 26.0 Å². The van der Waals surface area contributed by atoms with E-state index >= 15 is 0 Å². The van der Waals surface area contributed by atoms with Crippen molar-refractivity contribution in [3.63, 3.8) is 0 Å². The number of fused-ring (bicyclic) bond motifs is 2. The van der Waals surface area contributed by atoms with Gasteiger partial charge in [-0.3, -0.25) is 4.79 Å². The molecule has 5 heteroatoms. The second-order valence-electron chi connectivity index (χ2n) is 6.38. The van der Waals surface area contributed by atoms with Crippen LogP contribution >= 0.6 is 0 Å². The molecule has 1 aromatic rings. The van der Waals surface area contributed by atoms with E-state index in [0.29, 0.717) is 12.3 Å². The number of ether oxygens (including phenoxy) is 1. The molecular formula is C18H25N3O2. The molecule has 0 spiro atoms. The van der Waals surface area contributed by atoms with Gasteiger partial charge in [0.05, 0.1) is 17.5 Å². The molecule has 0 unspecified atom stereocenters. The average Bonchev–Trinajstić information content (AvgIpc) is 2.81. The van der Waals surface area contributed by atoms with Gasteiger partial charge in [0.2, 0.25) is 11.8 Å². The number of benzene rings is 1. The molecular weight excluding hydrogens is 290 g/mol. The average molecular weight is 315 g/mol. The zero-order valence-corrected chi connectivity index (χ0v) is 14.1.